The Labute approximate surface area is 85.1 Å². The van der Waals surface area contributed by atoms with E-state index >= 15 is 0 Å². The molecule has 2 nitrogen and oxygen atoms in total. The second-order valence-corrected chi connectivity index (χ2v) is 2.84. The molecule has 1 rings (SSSR count). The lowest BCUT2D eigenvalue weighted by atomic mass is 10.1. The molecule has 0 amide bonds. The standard InChI is InChI=1S/C10H8F3NO/c1-14-6-7-3-4-8(15-2)5-9(7)10(11,12)13/h3-5H,6H2,2H3. The Morgan fingerprint density at radius 2 is 2.07 bits per heavy atom. The van der Waals surface area contributed by atoms with Crippen LogP contribution in [0.5, 0.6) is 5.75 Å². The number of alkyl halides is 3. The molecule has 0 saturated heterocycles. The lowest BCUT2D eigenvalue weighted by Crippen LogP contribution is -2.09. The van der Waals surface area contributed by atoms with Crippen LogP contribution in [0.3, 0.4) is 0 Å². The molecule has 0 radical (unpaired) electrons. The molecule has 0 N–H and O–H groups in total. The van der Waals surface area contributed by atoms with E-state index in [-0.39, 0.29) is 17.9 Å². The first-order valence-electron chi connectivity index (χ1n) is 4.06. The van der Waals surface area contributed by atoms with Crippen molar-refractivity contribution in [3.8, 4) is 5.75 Å². The van der Waals surface area contributed by atoms with Gasteiger partial charge in [0.25, 0.3) is 0 Å². The summed E-state index contributed by atoms with van der Waals surface area (Å²) < 4.78 is 42.3. The summed E-state index contributed by atoms with van der Waals surface area (Å²) in [5, 5.41) is 0. The van der Waals surface area contributed by atoms with E-state index in [2.05, 4.69) is 4.85 Å². The predicted octanol–water partition coefficient (Wildman–Crippen LogP) is 3.13. The van der Waals surface area contributed by atoms with E-state index in [9.17, 15) is 13.2 Å². The fourth-order valence-corrected chi connectivity index (χ4v) is 1.17. The highest BCUT2D eigenvalue weighted by molar-refractivity contribution is 5.38. The number of halogens is 3. The molecule has 0 unspecified atom stereocenters. The fourth-order valence-electron chi connectivity index (χ4n) is 1.17. The first-order valence-corrected chi connectivity index (χ1v) is 4.06. The molecule has 0 atom stereocenters. The van der Waals surface area contributed by atoms with Crippen molar-refractivity contribution in [2.24, 2.45) is 0 Å². The smallest absolute Gasteiger partial charge is 0.417 e. The molecule has 0 aliphatic carbocycles. The molecule has 1 aromatic carbocycles. The van der Waals surface area contributed by atoms with Crippen molar-refractivity contribution in [2.45, 2.75) is 12.7 Å². The van der Waals surface area contributed by atoms with E-state index in [4.69, 9.17) is 11.3 Å². The third-order valence-electron chi connectivity index (χ3n) is 1.87. The molecule has 0 aromatic heterocycles. The highest BCUT2D eigenvalue weighted by atomic mass is 19.4. The van der Waals surface area contributed by atoms with Gasteiger partial charge in [0, 0.05) is 5.56 Å². The lowest BCUT2D eigenvalue weighted by molar-refractivity contribution is -0.138. The molecule has 0 spiro atoms. The van der Waals surface area contributed by atoms with Crippen LogP contribution in [-0.4, -0.2) is 7.11 Å². The quantitative estimate of drug-likeness (QED) is 0.691. The first kappa shape index (κ1) is 11.4. The van der Waals surface area contributed by atoms with Gasteiger partial charge in [0.1, 0.15) is 5.75 Å². The van der Waals surface area contributed by atoms with Crippen LogP contribution in [0.4, 0.5) is 13.2 Å². The molecule has 80 valence electrons. The number of nitrogens with zero attached hydrogens (tertiary/aromatic N) is 1. The van der Waals surface area contributed by atoms with Crippen LogP contribution in [0.25, 0.3) is 4.85 Å². The topological polar surface area (TPSA) is 13.6 Å². The van der Waals surface area contributed by atoms with Crippen molar-refractivity contribution >= 4 is 0 Å². The molecule has 0 aliphatic heterocycles. The van der Waals surface area contributed by atoms with Gasteiger partial charge in [-0.25, -0.2) is 6.57 Å². The van der Waals surface area contributed by atoms with Gasteiger partial charge in [-0.15, -0.1) is 0 Å². The van der Waals surface area contributed by atoms with E-state index in [0.29, 0.717) is 0 Å². The fraction of sp³-hybridized carbons (Fsp3) is 0.300. The van der Waals surface area contributed by atoms with Gasteiger partial charge in [-0.3, -0.25) is 0 Å². The van der Waals surface area contributed by atoms with Gasteiger partial charge in [-0.05, 0) is 18.2 Å². The third kappa shape index (κ3) is 2.62. The van der Waals surface area contributed by atoms with Crippen molar-refractivity contribution in [1.29, 1.82) is 0 Å². The van der Waals surface area contributed by atoms with Gasteiger partial charge >= 0.3 is 6.18 Å². The van der Waals surface area contributed by atoms with E-state index in [0.717, 1.165) is 6.07 Å². The average Bonchev–Trinajstić information content (AvgIpc) is 2.17. The Bertz CT molecular complexity index is 393. The first-order chi connectivity index (χ1) is 6.99. The van der Waals surface area contributed by atoms with Crippen LogP contribution in [-0.2, 0) is 12.7 Å². The summed E-state index contributed by atoms with van der Waals surface area (Å²) in [7, 11) is 1.30. The molecule has 0 bridgehead atoms. The number of benzene rings is 1. The molecule has 5 heteroatoms. The molecule has 0 heterocycles. The second-order valence-electron chi connectivity index (χ2n) is 2.84. The normalized spacial score (nSPS) is 10.9. The van der Waals surface area contributed by atoms with Crippen LogP contribution < -0.4 is 4.74 Å². The Hall–Kier alpha value is -1.70. The number of hydrogen-bond donors (Lipinski definition) is 0. The summed E-state index contributed by atoms with van der Waals surface area (Å²) in [6.45, 7) is 6.29. The Balaban J connectivity index is 3.24. The Morgan fingerprint density at radius 1 is 1.40 bits per heavy atom. The monoisotopic (exact) mass is 215 g/mol. The van der Waals surface area contributed by atoms with E-state index in [1.807, 2.05) is 0 Å². The molecule has 0 saturated carbocycles. The summed E-state index contributed by atoms with van der Waals surface area (Å²) in [6.07, 6.45) is -4.45. The summed E-state index contributed by atoms with van der Waals surface area (Å²) in [6, 6.07) is 3.58. The van der Waals surface area contributed by atoms with Crippen LogP contribution in [0.15, 0.2) is 18.2 Å². The highest BCUT2D eigenvalue weighted by Gasteiger charge is 2.34. The summed E-state index contributed by atoms with van der Waals surface area (Å²) in [4.78, 5) is 2.94. The second kappa shape index (κ2) is 4.22. The van der Waals surface area contributed by atoms with Gasteiger partial charge in [0.05, 0.1) is 12.7 Å². The average molecular weight is 215 g/mol. The van der Waals surface area contributed by atoms with Gasteiger partial charge in [-0.1, -0.05) is 0 Å². The van der Waals surface area contributed by atoms with Crippen molar-refractivity contribution in [3.05, 3.63) is 40.7 Å². The Kier molecular flexibility index (Phi) is 3.20. The SMILES string of the molecule is [C-]#[N+]Cc1ccc(OC)cc1C(F)(F)F. The maximum Gasteiger partial charge on any atom is 0.417 e. The minimum atomic E-state index is -4.45. The zero-order valence-corrected chi connectivity index (χ0v) is 7.93. The maximum atomic E-state index is 12.5. The van der Waals surface area contributed by atoms with Crippen molar-refractivity contribution in [1.82, 2.24) is 0 Å². The van der Waals surface area contributed by atoms with Crippen LogP contribution in [0, 0.1) is 6.57 Å². The molecule has 1 aromatic rings. The number of rotatable bonds is 2. The highest BCUT2D eigenvalue weighted by Crippen LogP contribution is 2.34. The van der Waals surface area contributed by atoms with Gasteiger partial charge in [0.2, 0.25) is 6.54 Å². The lowest BCUT2D eigenvalue weighted by Gasteiger charge is -2.11. The third-order valence-corrected chi connectivity index (χ3v) is 1.87. The zero-order chi connectivity index (χ0) is 11.5. The van der Waals surface area contributed by atoms with Crippen LogP contribution >= 0.6 is 0 Å². The molecular weight excluding hydrogens is 207 g/mol. The molecule has 15 heavy (non-hydrogen) atoms. The van der Waals surface area contributed by atoms with Crippen molar-refractivity contribution in [2.75, 3.05) is 7.11 Å². The maximum absolute atomic E-state index is 12.5. The van der Waals surface area contributed by atoms with E-state index in [1.165, 1.54) is 19.2 Å². The minimum Gasteiger partial charge on any atom is -0.497 e. The van der Waals surface area contributed by atoms with Gasteiger partial charge < -0.3 is 9.58 Å². The largest absolute Gasteiger partial charge is 0.497 e. The van der Waals surface area contributed by atoms with Crippen molar-refractivity contribution < 1.29 is 17.9 Å². The number of methoxy groups -OCH3 is 1. The summed E-state index contributed by atoms with van der Waals surface area (Å²) in [5.74, 6) is 0.135. The number of ether oxygens (including phenoxy) is 1. The molecular formula is C10H8F3NO. The summed E-state index contributed by atoms with van der Waals surface area (Å²) in [5.41, 5.74) is -0.837. The van der Waals surface area contributed by atoms with E-state index < -0.39 is 11.7 Å². The van der Waals surface area contributed by atoms with Crippen molar-refractivity contribution in [3.63, 3.8) is 0 Å². The van der Waals surface area contributed by atoms with Crippen LogP contribution in [0.2, 0.25) is 0 Å². The van der Waals surface area contributed by atoms with E-state index in [1.54, 1.807) is 0 Å². The Morgan fingerprint density at radius 3 is 2.53 bits per heavy atom. The molecule has 0 fully saturated rings. The zero-order valence-electron chi connectivity index (χ0n) is 7.93. The van der Waals surface area contributed by atoms with Crippen LogP contribution in [0.1, 0.15) is 11.1 Å². The van der Waals surface area contributed by atoms with Gasteiger partial charge in [-0.2, -0.15) is 13.2 Å². The minimum absolute atomic E-state index is 0.0294. The van der Waals surface area contributed by atoms with Gasteiger partial charge in [0.15, 0.2) is 0 Å². The number of hydrogen-bond acceptors (Lipinski definition) is 1. The predicted molar refractivity (Wildman–Crippen MR) is 48.3 cm³/mol. The molecule has 0 aliphatic rings. The summed E-state index contributed by atoms with van der Waals surface area (Å²) >= 11 is 0.